The van der Waals surface area contributed by atoms with Gasteiger partial charge in [0.2, 0.25) is 0 Å². The molecule has 4 nitrogen and oxygen atoms in total. The molecule has 0 aliphatic rings. The first kappa shape index (κ1) is 9.03. The Balaban J connectivity index is 2.26. The summed E-state index contributed by atoms with van der Waals surface area (Å²) >= 11 is 0. The van der Waals surface area contributed by atoms with Crippen molar-refractivity contribution in [1.82, 2.24) is 19.9 Å². The fraction of sp³-hybridized carbons (Fsp3) is 0.0833. The number of aromatic amines is 1. The lowest BCUT2D eigenvalue weighted by atomic mass is 10.1. The van der Waals surface area contributed by atoms with Crippen molar-refractivity contribution in [2.24, 2.45) is 0 Å². The van der Waals surface area contributed by atoms with Crippen molar-refractivity contribution in [3.8, 4) is 11.3 Å². The fourth-order valence-corrected chi connectivity index (χ4v) is 1.77. The Morgan fingerprint density at radius 3 is 2.94 bits per heavy atom. The molecule has 0 unspecified atom stereocenters. The Kier molecular flexibility index (Phi) is 1.93. The van der Waals surface area contributed by atoms with E-state index in [0.717, 1.165) is 28.1 Å². The molecular formula is C12H10N4. The normalized spacial score (nSPS) is 10.8. The first-order valence-corrected chi connectivity index (χ1v) is 5.07. The molecule has 0 radical (unpaired) electrons. The van der Waals surface area contributed by atoms with E-state index < -0.39 is 0 Å². The highest BCUT2D eigenvalue weighted by molar-refractivity contribution is 5.92. The van der Waals surface area contributed by atoms with Gasteiger partial charge in [-0.25, -0.2) is 15.0 Å². The largest absolute Gasteiger partial charge is 0.345 e. The van der Waals surface area contributed by atoms with Gasteiger partial charge >= 0.3 is 0 Å². The smallest absolute Gasteiger partial charge is 0.137 e. The topological polar surface area (TPSA) is 54.5 Å². The van der Waals surface area contributed by atoms with E-state index in [-0.39, 0.29) is 0 Å². The van der Waals surface area contributed by atoms with Crippen LogP contribution in [0.2, 0.25) is 0 Å². The van der Waals surface area contributed by atoms with Gasteiger partial charge in [-0.1, -0.05) is 0 Å². The van der Waals surface area contributed by atoms with Gasteiger partial charge in [0.25, 0.3) is 0 Å². The van der Waals surface area contributed by atoms with Crippen molar-refractivity contribution < 1.29 is 0 Å². The molecule has 3 aromatic rings. The van der Waals surface area contributed by atoms with E-state index in [0.29, 0.717) is 0 Å². The zero-order valence-electron chi connectivity index (χ0n) is 8.81. The van der Waals surface area contributed by atoms with Crippen molar-refractivity contribution >= 4 is 11.0 Å². The number of pyridine rings is 1. The molecule has 0 aliphatic carbocycles. The molecule has 3 aromatic heterocycles. The number of aromatic nitrogens is 4. The predicted molar refractivity (Wildman–Crippen MR) is 61.9 cm³/mol. The summed E-state index contributed by atoms with van der Waals surface area (Å²) in [5, 5.41) is 1.08. The van der Waals surface area contributed by atoms with Crippen LogP contribution < -0.4 is 0 Å². The van der Waals surface area contributed by atoms with Gasteiger partial charge in [-0.05, 0) is 25.1 Å². The van der Waals surface area contributed by atoms with E-state index in [1.165, 1.54) is 0 Å². The first-order valence-electron chi connectivity index (χ1n) is 5.07. The minimum Gasteiger partial charge on any atom is -0.345 e. The molecule has 3 rings (SSSR count). The molecule has 0 atom stereocenters. The van der Waals surface area contributed by atoms with Crippen molar-refractivity contribution in [2.45, 2.75) is 6.92 Å². The van der Waals surface area contributed by atoms with Crippen LogP contribution in [0.1, 0.15) is 5.82 Å². The fourth-order valence-electron chi connectivity index (χ4n) is 1.77. The summed E-state index contributed by atoms with van der Waals surface area (Å²) in [6.45, 7) is 1.89. The highest BCUT2D eigenvalue weighted by Crippen LogP contribution is 2.25. The number of nitrogens with one attached hydrogen (secondary N) is 1. The third-order valence-electron chi connectivity index (χ3n) is 2.50. The van der Waals surface area contributed by atoms with Crippen LogP contribution in [0.5, 0.6) is 0 Å². The molecule has 0 saturated heterocycles. The average molecular weight is 210 g/mol. The lowest BCUT2D eigenvalue weighted by molar-refractivity contribution is 1.06. The number of aryl methyl sites for hydroxylation is 1. The lowest BCUT2D eigenvalue weighted by Gasteiger charge is -1.98. The van der Waals surface area contributed by atoms with Crippen LogP contribution in [0.3, 0.4) is 0 Å². The molecule has 0 fully saturated rings. The highest BCUT2D eigenvalue weighted by atomic mass is 14.9. The van der Waals surface area contributed by atoms with E-state index in [4.69, 9.17) is 0 Å². The van der Waals surface area contributed by atoms with Crippen LogP contribution in [0.15, 0.2) is 36.8 Å². The zero-order valence-corrected chi connectivity index (χ0v) is 8.81. The maximum atomic E-state index is 4.41. The maximum absolute atomic E-state index is 4.41. The van der Waals surface area contributed by atoms with E-state index in [2.05, 4.69) is 19.9 Å². The van der Waals surface area contributed by atoms with Crippen LogP contribution in [0.4, 0.5) is 0 Å². The Morgan fingerprint density at radius 1 is 1.12 bits per heavy atom. The summed E-state index contributed by atoms with van der Waals surface area (Å²) in [6, 6.07) is 5.86. The summed E-state index contributed by atoms with van der Waals surface area (Å²) in [4.78, 5) is 15.9. The maximum Gasteiger partial charge on any atom is 0.137 e. The second-order valence-electron chi connectivity index (χ2n) is 3.59. The van der Waals surface area contributed by atoms with Gasteiger partial charge in [0.15, 0.2) is 0 Å². The first-order chi connectivity index (χ1) is 7.84. The highest BCUT2D eigenvalue weighted by Gasteiger charge is 2.07. The SMILES string of the molecule is Cc1nccc(-c2c[nH]c3ncccc23)n1. The molecule has 16 heavy (non-hydrogen) atoms. The van der Waals surface area contributed by atoms with Gasteiger partial charge in [0.05, 0.1) is 5.69 Å². The van der Waals surface area contributed by atoms with Gasteiger partial charge in [-0.2, -0.15) is 0 Å². The number of rotatable bonds is 1. The summed E-state index contributed by atoms with van der Waals surface area (Å²) in [7, 11) is 0. The number of hydrogen-bond acceptors (Lipinski definition) is 3. The lowest BCUT2D eigenvalue weighted by Crippen LogP contribution is -1.88. The molecule has 0 spiro atoms. The molecule has 3 heterocycles. The van der Waals surface area contributed by atoms with Gasteiger partial charge in [-0.3, -0.25) is 0 Å². The van der Waals surface area contributed by atoms with E-state index in [1.807, 2.05) is 31.3 Å². The second kappa shape index (κ2) is 3.41. The number of fused-ring (bicyclic) bond motifs is 1. The molecule has 0 bridgehead atoms. The third kappa shape index (κ3) is 1.35. The Labute approximate surface area is 92.4 Å². The molecule has 0 aromatic carbocycles. The Morgan fingerprint density at radius 2 is 2.06 bits per heavy atom. The Hall–Kier alpha value is -2.23. The summed E-state index contributed by atoms with van der Waals surface area (Å²) < 4.78 is 0. The second-order valence-corrected chi connectivity index (χ2v) is 3.59. The molecule has 1 N–H and O–H groups in total. The summed E-state index contributed by atoms with van der Waals surface area (Å²) in [5.74, 6) is 0.774. The van der Waals surface area contributed by atoms with Crippen LogP contribution >= 0.6 is 0 Å². The van der Waals surface area contributed by atoms with E-state index in [1.54, 1.807) is 12.4 Å². The number of hydrogen-bond donors (Lipinski definition) is 1. The van der Waals surface area contributed by atoms with Crippen LogP contribution in [-0.4, -0.2) is 19.9 Å². The molecule has 78 valence electrons. The number of nitrogens with zero attached hydrogens (tertiary/aromatic N) is 3. The van der Waals surface area contributed by atoms with Crippen LogP contribution in [0.25, 0.3) is 22.3 Å². The quantitative estimate of drug-likeness (QED) is 0.670. The molecule has 0 aliphatic heterocycles. The van der Waals surface area contributed by atoms with Crippen molar-refractivity contribution in [3.05, 3.63) is 42.6 Å². The van der Waals surface area contributed by atoms with Gasteiger partial charge in [0.1, 0.15) is 11.5 Å². The van der Waals surface area contributed by atoms with Gasteiger partial charge < -0.3 is 4.98 Å². The Bertz CT molecular complexity index is 642. The molecule has 0 amide bonds. The predicted octanol–water partition coefficient (Wildman–Crippen LogP) is 2.33. The minimum absolute atomic E-state index is 0.774. The van der Waals surface area contributed by atoms with Crippen molar-refractivity contribution in [1.29, 1.82) is 0 Å². The van der Waals surface area contributed by atoms with Crippen LogP contribution in [-0.2, 0) is 0 Å². The monoisotopic (exact) mass is 210 g/mol. The van der Waals surface area contributed by atoms with Crippen molar-refractivity contribution in [2.75, 3.05) is 0 Å². The number of H-pyrrole nitrogens is 1. The minimum atomic E-state index is 0.774. The van der Waals surface area contributed by atoms with Crippen LogP contribution in [0, 0.1) is 6.92 Å². The van der Waals surface area contributed by atoms with Gasteiger partial charge in [-0.15, -0.1) is 0 Å². The average Bonchev–Trinajstić information content (AvgIpc) is 2.72. The molecule has 4 heteroatoms. The van der Waals surface area contributed by atoms with Gasteiger partial charge in [0, 0.05) is 29.5 Å². The molecule has 0 saturated carbocycles. The molecular weight excluding hydrogens is 200 g/mol. The summed E-state index contributed by atoms with van der Waals surface area (Å²) in [5.41, 5.74) is 2.87. The third-order valence-corrected chi connectivity index (χ3v) is 2.50. The van der Waals surface area contributed by atoms with E-state index in [9.17, 15) is 0 Å². The standard InChI is InChI=1S/C12H10N4/c1-8-13-6-4-11(16-8)10-7-15-12-9(10)3-2-5-14-12/h2-7H,1H3,(H,14,15). The summed E-state index contributed by atoms with van der Waals surface area (Å²) in [6.07, 6.45) is 5.47. The van der Waals surface area contributed by atoms with Crippen molar-refractivity contribution in [3.63, 3.8) is 0 Å². The zero-order chi connectivity index (χ0) is 11.0. The van der Waals surface area contributed by atoms with E-state index >= 15 is 0 Å².